The largest absolute Gasteiger partial charge is 0.490 e. The molecule has 3 N–H and O–H groups in total. The summed E-state index contributed by atoms with van der Waals surface area (Å²) in [5.74, 6) is 5.58. The molecule has 2 unspecified atom stereocenters. The number of carbonyl (C=O) groups is 1. The predicted molar refractivity (Wildman–Crippen MR) is 51.3 cm³/mol. The van der Waals surface area contributed by atoms with Gasteiger partial charge in [-0.2, -0.15) is 0 Å². The number of rotatable bonds is 3. The van der Waals surface area contributed by atoms with E-state index >= 15 is 0 Å². The average molecular weight is 192 g/mol. The van der Waals surface area contributed by atoms with Gasteiger partial charge in [0.2, 0.25) is 5.91 Å². The van der Waals surface area contributed by atoms with E-state index in [0.29, 0.717) is 0 Å². The van der Waals surface area contributed by atoms with Crippen LogP contribution in [0.4, 0.5) is 0 Å². The Morgan fingerprint density at radius 3 is 2.79 bits per heavy atom. The van der Waals surface area contributed by atoms with Crippen LogP contribution in [0.15, 0.2) is 30.3 Å². The topological polar surface area (TPSA) is 64.3 Å². The van der Waals surface area contributed by atoms with Gasteiger partial charge in [-0.3, -0.25) is 10.2 Å². The lowest BCUT2D eigenvalue weighted by atomic mass is 10.3. The maximum atomic E-state index is 11.1. The van der Waals surface area contributed by atoms with Gasteiger partial charge >= 0.3 is 0 Å². The third kappa shape index (κ3) is 1.85. The van der Waals surface area contributed by atoms with Crippen molar-refractivity contribution in [3.05, 3.63) is 30.3 Å². The first kappa shape index (κ1) is 9.02. The molecule has 1 aromatic rings. The van der Waals surface area contributed by atoms with Crippen LogP contribution in [-0.4, -0.2) is 12.0 Å². The Labute approximate surface area is 82.0 Å². The fourth-order valence-electron chi connectivity index (χ4n) is 1.36. The first-order valence-corrected chi connectivity index (χ1v) is 4.53. The van der Waals surface area contributed by atoms with Crippen LogP contribution in [0.1, 0.15) is 6.42 Å². The Morgan fingerprint density at radius 1 is 1.43 bits per heavy atom. The number of hydrogen-bond acceptors (Lipinski definition) is 3. The highest BCUT2D eigenvalue weighted by atomic mass is 16.5. The summed E-state index contributed by atoms with van der Waals surface area (Å²) in [5, 5.41) is 0. The molecule has 1 aliphatic rings. The summed E-state index contributed by atoms with van der Waals surface area (Å²) in [6.45, 7) is 0. The fourth-order valence-corrected chi connectivity index (χ4v) is 1.36. The minimum absolute atomic E-state index is 0.0130. The van der Waals surface area contributed by atoms with Gasteiger partial charge in [0.1, 0.15) is 11.9 Å². The quantitative estimate of drug-likeness (QED) is 0.415. The molecule has 2 atom stereocenters. The molecule has 1 fully saturated rings. The number of para-hydroxylation sites is 1. The Balaban J connectivity index is 1.88. The van der Waals surface area contributed by atoms with Gasteiger partial charge in [-0.05, 0) is 12.1 Å². The maximum Gasteiger partial charge on any atom is 0.240 e. The molecule has 0 aromatic heterocycles. The number of amides is 1. The molecule has 4 heteroatoms. The standard InChI is InChI=1S/C10H12N2O2/c11-12-10(13)8-6-9(8)14-7-4-2-1-3-5-7/h1-5,8-9H,6,11H2,(H,12,13). The van der Waals surface area contributed by atoms with Gasteiger partial charge in [0.25, 0.3) is 0 Å². The zero-order chi connectivity index (χ0) is 9.97. The van der Waals surface area contributed by atoms with E-state index in [0.717, 1.165) is 12.2 Å². The van der Waals surface area contributed by atoms with Crippen LogP contribution in [0.25, 0.3) is 0 Å². The van der Waals surface area contributed by atoms with Crippen molar-refractivity contribution in [2.45, 2.75) is 12.5 Å². The van der Waals surface area contributed by atoms with E-state index in [1.54, 1.807) is 0 Å². The highest BCUT2D eigenvalue weighted by Crippen LogP contribution is 2.34. The molecule has 0 bridgehead atoms. The van der Waals surface area contributed by atoms with E-state index in [1.165, 1.54) is 0 Å². The first-order valence-electron chi connectivity index (χ1n) is 4.53. The van der Waals surface area contributed by atoms with Crippen molar-refractivity contribution in [2.75, 3.05) is 0 Å². The van der Waals surface area contributed by atoms with E-state index in [-0.39, 0.29) is 17.9 Å². The van der Waals surface area contributed by atoms with Crippen LogP contribution in [0, 0.1) is 5.92 Å². The van der Waals surface area contributed by atoms with Crippen molar-refractivity contribution < 1.29 is 9.53 Å². The van der Waals surface area contributed by atoms with Crippen molar-refractivity contribution in [1.29, 1.82) is 0 Å². The smallest absolute Gasteiger partial charge is 0.240 e. The number of hydrogen-bond donors (Lipinski definition) is 2. The molecule has 14 heavy (non-hydrogen) atoms. The lowest BCUT2D eigenvalue weighted by Crippen LogP contribution is -2.32. The Kier molecular flexibility index (Phi) is 2.37. The number of nitrogens with two attached hydrogens (primary N) is 1. The number of hydrazine groups is 1. The molecule has 0 saturated heterocycles. The van der Waals surface area contributed by atoms with Crippen molar-refractivity contribution >= 4 is 5.91 Å². The van der Waals surface area contributed by atoms with Crippen molar-refractivity contribution in [1.82, 2.24) is 5.43 Å². The molecule has 0 heterocycles. The normalized spacial score (nSPS) is 24.1. The zero-order valence-electron chi connectivity index (χ0n) is 7.64. The van der Waals surface area contributed by atoms with Crippen LogP contribution >= 0.6 is 0 Å². The van der Waals surface area contributed by atoms with Gasteiger partial charge in [-0.25, -0.2) is 5.84 Å². The van der Waals surface area contributed by atoms with Crippen LogP contribution in [0.5, 0.6) is 5.75 Å². The van der Waals surface area contributed by atoms with E-state index < -0.39 is 0 Å². The van der Waals surface area contributed by atoms with Gasteiger partial charge in [0.15, 0.2) is 0 Å². The summed E-state index contributed by atoms with van der Waals surface area (Å²) in [7, 11) is 0. The van der Waals surface area contributed by atoms with E-state index in [4.69, 9.17) is 10.6 Å². The monoisotopic (exact) mass is 192 g/mol. The van der Waals surface area contributed by atoms with Gasteiger partial charge in [-0.15, -0.1) is 0 Å². The third-order valence-electron chi connectivity index (χ3n) is 2.24. The zero-order valence-corrected chi connectivity index (χ0v) is 7.64. The highest BCUT2D eigenvalue weighted by Gasteiger charge is 2.45. The lowest BCUT2D eigenvalue weighted by molar-refractivity contribution is -0.122. The van der Waals surface area contributed by atoms with Crippen LogP contribution < -0.4 is 16.0 Å². The third-order valence-corrected chi connectivity index (χ3v) is 2.24. The highest BCUT2D eigenvalue weighted by molar-refractivity contribution is 5.81. The molecular weight excluding hydrogens is 180 g/mol. The minimum atomic E-state index is -0.147. The molecule has 4 nitrogen and oxygen atoms in total. The lowest BCUT2D eigenvalue weighted by Gasteiger charge is -2.04. The molecule has 1 aliphatic carbocycles. The second-order valence-corrected chi connectivity index (χ2v) is 3.32. The van der Waals surface area contributed by atoms with Gasteiger partial charge in [0.05, 0.1) is 5.92 Å². The summed E-state index contributed by atoms with van der Waals surface area (Å²) in [4.78, 5) is 11.1. The average Bonchev–Trinajstić information content (AvgIpc) is 2.98. The molecule has 0 radical (unpaired) electrons. The summed E-state index contributed by atoms with van der Waals surface area (Å²) in [5.41, 5.74) is 2.12. The first-order chi connectivity index (χ1) is 6.81. The van der Waals surface area contributed by atoms with Crippen LogP contribution in [0.3, 0.4) is 0 Å². The number of ether oxygens (including phenoxy) is 1. The predicted octanol–water partition coefficient (Wildman–Crippen LogP) is 0.444. The van der Waals surface area contributed by atoms with E-state index in [2.05, 4.69) is 5.43 Å². The Morgan fingerprint density at radius 2 is 2.14 bits per heavy atom. The SMILES string of the molecule is NNC(=O)C1CC1Oc1ccccc1. The molecule has 74 valence electrons. The molecule has 0 spiro atoms. The number of benzene rings is 1. The maximum absolute atomic E-state index is 11.1. The van der Waals surface area contributed by atoms with Crippen LogP contribution in [-0.2, 0) is 4.79 Å². The molecule has 1 aromatic carbocycles. The number of carbonyl (C=O) groups excluding carboxylic acids is 1. The molecule has 1 amide bonds. The fraction of sp³-hybridized carbons (Fsp3) is 0.300. The summed E-state index contributed by atoms with van der Waals surface area (Å²) in [6, 6.07) is 9.46. The van der Waals surface area contributed by atoms with Crippen molar-refractivity contribution in [3.8, 4) is 5.75 Å². The van der Waals surface area contributed by atoms with Gasteiger partial charge < -0.3 is 4.74 Å². The summed E-state index contributed by atoms with van der Waals surface area (Å²) < 4.78 is 5.54. The minimum Gasteiger partial charge on any atom is -0.490 e. The van der Waals surface area contributed by atoms with Gasteiger partial charge in [-0.1, -0.05) is 18.2 Å². The van der Waals surface area contributed by atoms with E-state index in [9.17, 15) is 4.79 Å². The summed E-state index contributed by atoms with van der Waals surface area (Å²) in [6.07, 6.45) is 0.735. The number of nitrogens with one attached hydrogen (secondary N) is 1. The van der Waals surface area contributed by atoms with Gasteiger partial charge in [0, 0.05) is 6.42 Å². The van der Waals surface area contributed by atoms with Crippen LogP contribution in [0.2, 0.25) is 0 Å². The second kappa shape index (κ2) is 3.67. The van der Waals surface area contributed by atoms with Crippen molar-refractivity contribution in [2.24, 2.45) is 11.8 Å². The molecular formula is C10H12N2O2. The second-order valence-electron chi connectivity index (χ2n) is 3.32. The van der Waals surface area contributed by atoms with E-state index in [1.807, 2.05) is 30.3 Å². The summed E-state index contributed by atoms with van der Waals surface area (Å²) >= 11 is 0. The Hall–Kier alpha value is -1.55. The van der Waals surface area contributed by atoms with Crippen molar-refractivity contribution in [3.63, 3.8) is 0 Å². The molecule has 1 saturated carbocycles. The Bertz CT molecular complexity index is 326. The molecule has 0 aliphatic heterocycles. The molecule has 2 rings (SSSR count).